The maximum absolute atomic E-state index is 11.2. The summed E-state index contributed by atoms with van der Waals surface area (Å²) in [7, 11) is 0. The van der Waals surface area contributed by atoms with Crippen LogP contribution in [0, 0.1) is 5.92 Å². The van der Waals surface area contributed by atoms with Gasteiger partial charge >= 0.3 is 5.97 Å². The number of esters is 1. The highest BCUT2D eigenvalue weighted by molar-refractivity contribution is 6.20. The van der Waals surface area contributed by atoms with Gasteiger partial charge in [0.1, 0.15) is 6.10 Å². The van der Waals surface area contributed by atoms with Gasteiger partial charge in [0.2, 0.25) is 0 Å². The molecule has 0 aromatic carbocycles. The zero-order chi connectivity index (χ0) is 9.84. The molecule has 0 saturated heterocycles. The first-order valence-electron chi connectivity index (χ1n) is 4.94. The van der Waals surface area contributed by atoms with Crippen molar-refractivity contribution in [3.63, 3.8) is 0 Å². The molecular weight excluding hydrogens is 188 g/mol. The number of ether oxygens (including phenoxy) is 1. The standard InChI is InChI=1S/C10H17ClO2/c1-7(2)10(12)13-9-5-3-8(11)4-6-9/h7-9H,3-6H2,1-2H3. The van der Waals surface area contributed by atoms with Gasteiger partial charge in [0, 0.05) is 5.38 Å². The topological polar surface area (TPSA) is 26.3 Å². The minimum Gasteiger partial charge on any atom is -0.462 e. The van der Waals surface area contributed by atoms with Crippen LogP contribution in [0.1, 0.15) is 39.5 Å². The fourth-order valence-electron chi connectivity index (χ4n) is 1.44. The van der Waals surface area contributed by atoms with Crippen molar-refractivity contribution in [1.82, 2.24) is 0 Å². The smallest absolute Gasteiger partial charge is 0.308 e. The van der Waals surface area contributed by atoms with Gasteiger partial charge in [0.25, 0.3) is 0 Å². The molecule has 1 rings (SSSR count). The number of rotatable bonds is 2. The van der Waals surface area contributed by atoms with E-state index in [0.29, 0.717) is 0 Å². The summed E-state index contributed by atoms with van der Waals surface area (Å²) in [5.74, 6) is -0.105. The van der Waals surface area contributed by atoms with E-state index in [1.54, 1.807) is 0 Å². The van der Waals surface area contributed by atoms with Gasteiger partial charge in [-0.3, -0.25) is 4.79 Å². The van der Waals surface area contributed by atoms with Gasteiger partial charge in [-0.05, 0) is 25.7 Å². The van der Waals surface area contributed by atoms with E-state index in [0.717, 1.165) is 25.7 Å². The van der Waals surface area contributed by atoms with Crippen LogP contribution in [-0.4, -0.2) is 17.5 Å². The molecule has 0 unspecified atom stereocenters. The SMILES string of the molecule is CC(C)C(=O)OC1CCC(Cl)CC1. The van der Waals surface area contributed by atoms with Crippen molar-refractivity contribution in [2.45, 2.75) is 51.0 Å². The predicted octanol–water partition coefficient (Wildman–Crippen LogP) is 2.74. The summed E-state index contributed by atoms with van der Waals surface area (Å²) in [5, 5.41) is 0.286. The molecule has 0 bridgehead atoms. The van der Waals surface area contributed by atoms with Crippen LogP contribution in [0.3, 0.4) is 0 Å². The van der Waals surface area contributed by atoms with Crippen LogP contribution >= 0.6 is 11.6 Å². The van der Waals surface area contributed by atoms with Gasteiger partial charge in [-0.1, -0.05) is 13.8 Å². The quantitative estimate of drug-likeness (QED) is 0.511. The molecule has 0 amide bonds. The first-order chi connectivity index (χ1) is 6.09. The lowest BCUT2D eigenvalue weighted by molar-refractivity contribution is -0.154. The van der Waals surface area contributed by atoms with Crippen LogP contribution in [-0.2, 0) is 9.53 Å². The third-order valence-corrected chi connectivity index (χ3v) is 2.79. The first-order valence-corrected chi connectivity index (χ1v) is 5.37. The lowest BCUT2D eigenvalue weighted by Gasteiger charge is -2.25. The Labute approximate surface area is 84.6 Å². The fraction of sp³-hybridized carbons (Fsp3) is 0.900. The van der Waals surface area contributed by atoms with E-state index in [-0.39, 0.29) is 23.4 Å². The summed E-state index contributed by atoms with van der Waals surface area (Å²) < 4.78 is 5.30. The van der Waals surface area contributed by atoms with Gasteiger partial charge in [-0.2, -0.15) is 0 Å². The Kier molecular flexibility index (Phi) is 4.04. The maximum Gasteiger partial charge on any atom is 0.308 e. The second kappa shape index (κ2) is 4.85. The zero-order valence-corrected chi connectivity index (χ0v) is 9.01. The molecule has 0 aliphatic heterocycles. The van der Waals surface area contributed by atoms with Gasteiger partial charge in [0.05, 0.1) is 5.92 Å². The van der Waals surface area contributed by atoms with Gasteiger partial charge in [-0.25, -0.2) is 0 Å². The van der Waals surface area contributed by atoms with Crippen LogP contribution in [0.25, 0.3) is 0 Å². The van der Waals surface area contributed by atoms with E-state index in [1.165, 1.54) is 0 Å². The minimum absolute atomic E-state index is 0.0197. The van der Waals surface area contributed by atoms with Crippen LogP contribution in [0.15, 0.2) is 0 Å². The van der Waals surface area contributed by atoms with Crippen molar-refractivity contribution in [2.75, 3.05) is 0 Å². The van der Waals surface area contributed by atoms with Crippen LogP contribution in [0.5, 0.6) is 0 Å². The summed E-state index contributed by atoms with van der Waals surface area (Å²) in [6.45, 7) is 3.71. The average molecular weight is 205 g/mol. The van der Waals surface area contributed by atoms with Crippen LogP contribution < -0.4 is 0 Å². The Morgan fingerprint density at radius 3 is 2.31 bits per heavy atom. The number of halogens is 1. The van der Waals surface area contributed by atoms with Crippen molar-refractivity contribution < 1.29 is 9.53 Å². The molecule has 0 aromatic rings. The molecule has 3 heteroatoms. The van der Waals surface area contributed by atoms with Crippen molar-refractivity contribution in [3.05, 3.63) is 0 Å². The van der Waals surface area contributed by atoms with E-state index >= 15 is 0 Å². The highest BCUT2D eigenvalue weighted by Crippen LogP contribution is 2.25. The Bertz CT molecular complexity index is 172. The number of carbonyl (C=O) groups is 1. The molecule has 76 valence electrons. The maximum atomic E-state index is 11.2. The lowest BCUT2D eigenvalue weighted by Crippen LogP contribution is -2.26. The second-order valence-corrected chi connectivity index (χ2v) is 4.58. The molecule has 1 aliphatic rings. The number of hydrogen-bond acceptors (Lipinski definition) is 2. The fourth-order valence-corrected chi connectivity index (χ4v) is 1.69. The largest absolute Gasteiger partial charge is 0.462 e. The van der Waals surface area contributed by atoms with E-state index in [2.05, 4.69) is 0 Å². The molecule has 1 saturated carbocycles. The van der Waals surface area contributed by atoms with Gasteiger partial charge < -0.3 is 4.74 Å². The number of hydrogen-bond donors (Lipinski definition) is 0. The summed E-state index contributed by atoms with van der Waals surface area (Å²) in [6.07, 6.45) is 3.90. The Hall–Kier alpha value is -0.240. The monoisotopic (exact) mass is 204 g/mol. The highest BCUT2D eigenvalue weighted by atomic mass is 35.5. The van der Waals surface area contributed by atoms with E-state index in [1.807, 2.05) is 13.8 Å². The summed E-state index contributed by atoms with van der Waals surface area (Å²) in [6, 6.07) is 0. The Morgan fingerprint density at radius 2 is 1.85 bits per heavy atom. The third-order valence-electron chi connectivity index (χ3n) is 2.36. The molecular formula is C10H17ClO2. The molecule has 0 atom stereocenters. The normalized spacial score (nSPS) is 28.9. The summed E-state index contributed by atoms with van der Waals surface area (Å²) >= 11 is 5.94. The molecule has 0 heterocycles. The van der Waals surface area contributed by atoms with Crippen molar-refractivity contribution in [2.24, 2.45) is 5.92 Å². The van der Waals surface area contributed by atoms with E-state index in [9.17, 15) is 4.79 Å². The van der Waals surface area contributed by atoms with Crippen molar-refractivity contribution in [3.8, 4) is 0 Å². The molecule has 0 N–H and O–H groups in total. The average Bonchev–Trinajstić information content (AvgIpc) is 2.08. The predicted molar refractivity (Wildman–Crippen MR) is 52.8 cm³/mol. The number of carbonyl (C=O) groups excluding carboxylic acids is 1. The van der Waals surface area contributed by atoms with Crippen LogP contribution in [0.2, 0.25) is 0 Å². The molecule has 2 nitrogen and oxygen atoms in total. The molecule has 1 aliphatic carbocycles. The summed E-state index contributed by atoms with van der Waals surface area (Å²) in [4.78, 5) is 11.2. The van der Waals surface area contributed by atoms with Gasteiger partial charge in [0.15, 0.2) is 0 Å². The first kappa shape index (κ1) is 10.8. The van der Waals surface area contributed by atoms with Crippen LogP contribution in [0.4, 0.5) is 0 Å². The Balaban J connectivity index is 2.26. The molecule has 0 radical (unpaired) electrons. The Morgan fingerprint density at radius 1 is 1.31 bits per heavy atom. The van der Waals surface area contributed by atoms with Crippen molar-refractivity contribution in [1.29, 1.82) is 0 Å². The van der Waals surface area contributed by atoms with E-state index < -0.39 is 0 Å². The summed E-state index contributed by atoms with van der Waals surface area (Å²) in [5.41, 5.74) is 0. The minimum atomic E-state index is -0.0852. The lowest BCUT2D eigenvalue weighted by atomic mass is 9.97. The van der Waals surface area contributed by atoms with Gasteiger partial charge in [-0.15, -0.1) is 11.6 Å². The van der Waals surface area contributed by atoms with Crippen molar-refractivity contribution >= 4 is 17.6 Å². The molecule has 0 spiro atoms. The highest BCUT2D eigenvalue weighted by Gasteiger charge is 2.23. The zero-order valence-electron chi connectivity index (χ0n) is 8.25. The molecule has 13 heavy (non-hydrogen) atoms. The van der Waals surface area contributed by atoms with E-state index in [4.69, 9.17) is 16.3 Å². The second-order valence-electron chi connectivity index (χ2n) is 3.97. The number of alkyl halides is 1. The molecule has 1 fully saturated rings. The molecule has 0 aromatic heterocycles. The third kappa shape index (κ3) is 3.55.